The molecule has 0 saturated heterocycles. The molecule has 0 atom stereocenters. The zero-order valence-corrected chi connectivity index (χ0v) is 10.4. The number of hydrogen-bond donors (Lipinski definition) is 0. The van der Waals surface area contributed by atoms with Gasteiger partial charge in [0, 0.05) is 0 Å². The van der Waals surface area contributed by atoms with Crippen LogP contribution in [0.1, 0.15) is 27.7 Å². The van der Waals surface area contributed by atoms with E-state index in [1.54, 1.807) is 30.3 Å². The van der Waals surface area contributed by atoms with E-state index in [4.69, 9.17) is 4.74 Å². The van der Waals surface area contributed by atoms with Crippen molar-refractivity contribution < 1.29 is 27.1 Å². The summed E-state index contributed by atoms with van der Waals surface area (Å²) in [6.45, 7) is 1.19. The van der Waals surface area contributed by atoms with Gasteiger partial charge in [0.15, 0.2) is 0 Å². The summed E-state index contributed by atoms with van der Waals surface area (Å²) < 4.78 is 46.5. The first kappa shape index (κ1) is 14.1. The summed E-state index contributed by atoms with van der Waals surface area (Å²) in [4.78, 5) is 14.8. The first-order valence-electron chi connectivity index (χ1n) is 5.63. The average Bonchev–Trinajstić information content (AvgIpc) is 2.79. The first-order chi connectivity index (χ1) is 9.38. The molecule has 20 heavy (non-hydrogen) atoms. The zero-order valence-electron chi connectivity index (χ0n) is 10.4. The summed E-state index contributed by atoms with van der Waals surface area (Å²) >= 11 is 0. The largest absolute Gasteiger partial charge is 0.468 e. The minimum atomic E-state index is -4.73. The Labute approximate surface area is 112 Å². The van der Waals surface area contributed by atoms with Gasteiger partial charge in [0.1, 0.15) is 6.61 Å². The summed E-state index contributed by atoms with van der Waals surface area (Å²) in [6, 6.07) is 8.75. The highest BCUT2D eigenvalue weighted by Crippen LogP contribution is 2.30. The molecule has 0 N–H and O–H groups in total. The minimum Gasteiger partial charge on any atom is -0.455 e. The van der Waals surface area contributed by atoms with Gasteiger partial charge in [-0.1, -0.05) is 30.3 Å². The summed E-state index contributed by atoms with van der Waals surface area (Å²) in [5.41, 5.74) is 0.560. The quantitative estimate of drug-likeness (QED) is 0.811. The fourth-order valence-corrected chi connectivity index (χ4v) is 1.50. The van der Waals surface area contributed by atoms with Crippen LogP contribution in [-0.2, 0) is 17.5 Å². The van der Waals surface area contributed by atoms with Gasteiger partial charge < -0.3 is 9.15 Å². The fraction of sp³-hybridized carbons (Fsp3) is 0.231. The SMILES string of the molecule is Cc1nc(C(F)(F)F)oc1C(=O)OCc1ccccc1. The van der Waals surface area contributed by atoms with Crippen LogP contribution in [-0.4, -0.2) is 11.0 Å². The third-order valence-electron chi connectivity index (χ3n) is 2.44. The van der Waals surface area contributed by atoms with Crippen LogP contribution < -0.4 is 0 Å². The number of aryl methyl sites for hydroxylation is 1. The highest BCUT2D eigenvalue weighted by Gasteiger charge is 2.39. The topological polar surface area (TPSA) is 52.3 Å². The summed E-state index contributed by atoms with van der Waals surface area (Å²) in [6.07, 6.45) is -4.73. The van der Waals surface area contributed by atoms with Crippen molar-refractivity contribution in [2.24, 2.45) is 0 Å². The second-order valence-corrected chi connectivity index (χ2v) is 3.99. The van der Waals surface area contributed by atoms with Gasteiger partial charge in [0.05, 0.1) is 5.69 Å². The molecule has 2 rings (SSSR count). The van der Waals surface area contributed by atoms with E-state index >= 15 is 0 Å². The molecular weight excluding hydrogens is 275 g/mol. The van der Waals surface area contributed by atoms with Crippen molar-refractivity contribution in [1.82, 2.24) is 4.98 Å². The molecule has 0 saturated carbocycles. The van der Waals surface area contributed by atoms with Gasteiger partial charge in [-0.05, 0) is 12.5 Å². The second-order valence-electron chi connectivity index (χ2n) is 3.99. The van der Waals surface area contributed by atoms with Crippen LogP contribution in [0.3, 0.4) is 0 Å². The number of nitrogens with zero attached hydrogens (tertiary/aromatic N) is 1. The number of hydrogen-bond acceptors (Lipinski definition) is 4. The van der Waals surface area contributed by atoms with Crippen LogP contribution in [0.5, 0.6) is 0 Å². The van der Waals surface area contributed by atoms with Crippen LogP contribution >= 0.6 is 0 Å². The molecule has 0 amide bonds. The van der Waals surface area contributed by atoms with E-state index < -0.39 is 23.8 Å². The van der Waals surface area contributed by atoms with Crippen LogP contribution in [0.25, 0.3) is 0 Å². The lowest BCUT2D eigenvalue weighted by molar-refractivity contribution is -0.157. The molecule has 0 spiro atoms. The van der Waals surface area contributed by atoms with Crippen LogP contribution in [0, 0.1) is 6.92 Å². The van der Waals surface area contributed by atoms with Gasteiger partial charge in [-0.25, -0.2) is 9.78 Å². The highest BCUT2D eigenvalue weighted by atomic mass is 19.4. The molecule has 0 aliphatic heterocycles. The number of carbonyl (C=O) groups is 1. The number of benzene rings is 1. The van der Waals surface area contributed by atoms with E-state index in [0.717, 1.165) is 0 Å². The van der Waals surface area contributed by atoms with Crippen molar-refractivity contribution in [3.8, 4) is 0 Å². The van der Waals surface area contributed by atoms with Gasteiger partial charge >= 0.3 is 18.0 Å². The Morgan fingerprint density at radius 1 is 1.30 bits per heavy atom. The highest BCUT2D eigenvalue weighted by molar-refractivity contribution is 5.87. The second kappa shape index (κ2) is 5.36. The number of oxazole rings is 1. The van der Waals surface area contributed by atoms with E-state index in [1.165, 1.54) is 6.92 Å². The van der Waals surface area contributed by atoms with Gasteiger partial charge in [0.25, 0.3) is 0 Å². The van der Waals surface area contributed by atoms with E-state index in [-0.39, 0.29) is 12.3 Å². The summed E-state index contributed by atoms with van der Waals surface area (Å²) in [5.74, 6) is -2.97. The van der Waals surface area contributed by atoms with E-state index in [2.05, 4.69) is 9.40 Å². The molecule has 0 bridgehead atoms. The van der Waals surface area contributed by atoms with E-state index in [9.17, 15) is 18.0 Å². The molecule has 0 radical (unpaired) electrons. The van der Waals surface area contributed by atoms with Crippen molar-refractivity contribution in [3.05, 3.63) is 53.2 Å². The third kappa shape index (κ3) is 3.17. The van der Waals surface area contributed by atoms with Gasteiger partial charge in [0.2, 0.25) is 5.76 Å². The fourth-order valence-electron chi connectivity index (χ4n) is 1.50. The number of aromatic nitrogens is 1. The van der Waals surface area contributed by atoms with E-state index in [1.807, 2.05) is 0 Å². The lowest BCUT2D eigenvalue weighted by Gasteiger charge is -2.03. The molecule has 106 valence electrons. The van der Waals surface area contributed by atoms with Crippen molar-refractivity contribution in [2.45, 2.75) is 19.7 Å². The molecule has 2 aromatic rings. The predicted octanol–water partition coefficient (Wildman–Crippen LogP) is 3.36. The molecule has 0 unspecified atom stereocenters. The maximum Gasteiger partial charge on any atom is 0.468 e. The molecule has 1 heterocycles. The Kier molecular flexibility index (Phi) is 3.78. The lowest BCUT2D eigenvalue weighted by Crippen LogP contribution is -2.06. The summed E-state index contributed by atoms with van der Waals surface area (Å²) in [7, 11) is 0. The normalized spacial score (nSPS) is 11.4. The number of rotatable bonds is 3. The molecule has 4 nitrogen and oxygen atoms in total. The Morgan fingerprint density at radius 2 is 1.95 bits per heavy atom. The number of halogens is 3. The number of alkyl halides is 3. The minimum absolute atomic E-state index is 0.0544. The lowest BCUT2D eigenvalue weighted by atomic mass is 10.2. The Morgan fingerprint density at radius 3 is 2.50 bits per heavy atom. The number of carbonyl (C=O) groups excluding carboxylic acids is 1. The van der Waals surface area contributed by atoms with E-state index in [0.29, 0.717) is 5.56 Å². The van der Waals surface area contributed by atoms with Gasteiger partial charge in [-0.2, -0.15) is 13.2 Å². The predicted molar refractivity (Wildman–Crippen MR) is 61.8 cm³/mol. The Hall–Kier alpha value is -2.31. The zero-order chi connectivity index (χ0) is 14.8. The average molecular weight is 285 g/mol. The van der Waals surface area contributed by atoms with Crippen molar-refractivity contribution >= 4 is 5.97 Å². The van der Waals surface area contributed by atoms with Crippen molar-refractivity contribution in [1.29, 1.82) is 0 Å². The molecule has 1 aromatic heterocycles. The van der Waals surface area contributed by atoms with Gasteiger partial charge in [-0.15, -0.1) is 0 Å². The van der Waals surface area contributed by atoms with Crippen LogP contribution in [0.15, 0.2) is 34.7 Å². The maximum absolute atomic E-state index is 12.4. The Bertz CT molecular complexity index is 605. The molecule has 0 fully saturated rings. The number of ether oxygens (including phenoxy) is 1. The molecule has 0 aliphatic carbocycles. The van der Waals surface area contributed by atoms with Crippen molar-refractivity contribution in [2.75, 3.05) is 0 Å². The van der Waals surface area contributed by atoms with Crippen molar-refractivity contribution in [3.63, 3.8) is 0 Å². The van der Waals surface area contributed by atoms with Gasteiger partial charge in [-0.3, -0.25) is 0 Å². The monoisotopic (exact) mass is 285 g/mol. The van der Waals surface area contributed by atoms with Crippen LogP contribution in [0.4, 0.5) is 13.2 Å². The molecule has 7 heteroatoms. The Balaban J connectivity index is 2.08. The standard InChI is InChI=1S/C13H10F3NO3/c1-8-10(20-12(17-8)13(14,15)16)11(18)19-7-9-5-3-2-4-6-9/h2-6H,7H2,1H3. The molecule has 1 aromatic carbocycles. The summed E-state index contributed by atoms with van der Waals surface area (Å²) in [5, 5.41) is 0. The molecular formula is C13H10F3NO3. The first-order valence-corrected chi connectivity index (χ1v) is 5.63. The number of esters is 1. The van der Waals surface area contributed by atoms with Crippen LogP contribution in [0.2, 0.25) is 0 Å². The third-order valence-corrected chi connectivity index (χ3v) is 2.44. The molecule has 0 aliphatic rings. The maximum atomic E-state index is 12.4. The smallest absolute Gasteiger partial charge is 0.455 e.